The molecular formula is C34H32IrN2OSi-2. The Bertz CT molecular complexity index is 1740. The Morgan fingerprint density at radius 3 is 2.26 bits per heavy atom. The molecule has 3 nitrogen and oxygen atoms in total. The SMILES string of the molecule is Cc1ccnc(-c2[c-]cccc2)c1.Cc1cnc(-c2[c-]cc([Si](C)(C)C)c3c2oc2ccccc23)cc1C.[Ir]. The fraction of sp³-hybridized carbons (Fsp3) is 0.176. The molecule has 0 bridgehead atoms. The van der Waals surface area contributed by atoms with Gasteiger partial charge in [-0.1, -0.05) is 72.0 Å². The first-order valence-electron chi connectivity index (χ1n) is 12.9. The molecule has 0 atom stereocenters. The summed E-state index contributed by atoms with van der Waals surface area (Å²) < 4.78 is 6.29. The maximum Gasteiger partial charge on any atom is 0.120 e. The normalized spacial score (nSPS) is 11.1. The van der Waals surface area contributed by atoms with Crippen LogP contribution >= 0.6 is 0 Å². The van der Waals surface area contributed by atoms with Crippen LogP contribution in [0.4, 0.5) is 0 Å². The molecule has 0 saturated carbocycles. The molecule has 0 fully saturated rings. The van der Waals surface area contributed by atoms with Gasteiger partial charge in [0.05, 0.1) is 5.58 Å². The number of aryl methyl sites for hydroxylation is 3. The summed E-state index contributed by atoms with van der Waals surface area (Å²) in [5.41, 5.74) is 9.42. The van der Waals surface area contributed by atoms with Gasteiger partial charge in [-0.05, 0) is 49.9 Å². The van der Waals surface area contributed by atoms with Crippen molar-refractivity contribution in [2.24, 2.45) is 0 Å². The minimum absolute atomic E-state index is 0. The molecule has 0 aliphatic rings. The van der Waals surface area contributed by atoms with Gasteiger partial charge in [0.1, 0.15) is 5.58 Å². The summed E-state index contributed by atoms with van der Waals surface area (Å²) >= 11 is 0. The van der Waals surface area contributed by atoms with E-state index in [1.807, 2.05) is 54.9 Å². The number of aromatic nitrogens is 2. The van der Waals surface area contributed by atoms with E-state index in [2.05, 4.69) is 92.8 Å². The molecule has 0 unspecified atom stereocenters. The third kappa shape index (κ3) is 6.12. The zero-order valence-corrected chi connectivity index (χ0v) is 26.6. The zero-order valence-electron chi connectivity index (χ0n) is 23.2. The van der Waals surface area contributed by atoms with E-state index in [-0.39, 0.29) is 20.1 Å². The van der Waals surface area contributed by atoms with Gasteiger partial charge in [-0.3, -0.25) is 0 Å². The van der Waals surface area contributed by atoms with Crippen LogP contribution in [-0.4, -0.2) is 18.0 Å². The van der Waals surface area contributed by atoms with Crippen molar-refractivity contribution < 1.29 is 24.5 Å². The van der Waals surface area contributed by atoms with Crippen LogP contribution in [-0.2, 0) is 20.1 Å². The second-order valence-electron chi connectivity index (χ2n) is 10.8. The van der Waals surface area contributed by atoms with E-state index in [0.717, 1.165) is 33.7 Å². The maximum absolute atomic E-state index is 6.29. The van der Waals surface area contributed by atoms with Crippen molar-refractivity contribution in [3.63, 3.8) is 0 Å². The molecule has 3 aromatic heterocycles. The predicted octanol–water partition coefficient (Wildman–Crippen LogP) is 8.46. The number of hydrogen-bond donors (Lipinski definition) is 0. The Balaban J connectivity index is 0.000000213. The van der Waals surface area contributed by atoms with Crippen molar-refractivity contribution in [2.75, 3.05) is 0 Å². The van der Waals surface area contributed by atoms with Crippen LogP contribution in [0.25, 0.3) is 44.5 Å². The van der Waals surface area contributed by atoms with Gasteiger partial charge in [0, 0.05) is 46.0 Å². The Kier molecular flexibility index (Phi) is 8.66. The Morgan fingerprint density at radius 2 is 1.56 bits per heavy atom. The molecule has 0 N–H and O–H groups in total. The average molecular weight is 705 g/mol. The van der Waals surface area contributed by atoms with Gasteiger partial charge < -0.3 is 14.4 Å². The molecule has 0 saturated heterocycles. The van der Waals surface area contributed by atoms with Gasteiger partial charge in [-0.25, -0.2) is 0 Å². The summed E-state index contributed by atoms with van der Waals surface area (Å²) in [5.74, 6) is 0. The van der Waals surface area contributed by atoms with Gasteiger partial charge in [-0.2, -0.15) is 0 Å². The van der Waals surface area contributed by atoms with E-state index in [9.17, 15) is 0 Å². The summed E-state index contributed by atoms with van der Waals surface area (Å²) in [5, 5.41) is 3.82. The molecule has 39 heavy (non-hydrogen) atoms. The van der Waals surface area contributed by atoms with Crippen molar-refractivity contribution >= 4 is 35.2 Å². The first kappa shape index (κ1) is 28.6. The molecule has 0 amide bonds. The van der Waals surface area contributed by atoms with Crippen molar-refractivity contribution in [3.05, 3.63) is 114 Å². The standard InChI is InChI=1S/C22H22NOSi.C12H10N.Ir/c1-14-12-18(23-13-15(14)2)16-10-11-20(25(3,4)5)21-17-8-6-7-9-19(17)24-22(16)21;1-10-7-8-13-12(9-10)11-5-3-2-4-6-11;/h6-9,11-13H,1-5H3;2-5,7-9H,1H3;/q2*-1;. The molecule has 6 aromatic rings. The number of para-hydroxylation sites is 1. The summed E-state index contributed by atoms with van der Waals surface area (Å²) in [4.78, 5) is 8.92. The molecule has 6 rings (SSSR count). The van der Waals surface area contributed by atoms with Crippen molar-refractivity contribution in [2.45, 2.75) is 40.4 Å². The summed E-state index contributed by atoms with van der Waals surface area (Å²) in [6.45, 7) is 13.4. The number of hydrogen-bond acceptors (Lipinski definition) is 3. The van der Waals surface area contributed by atoms with E-state index >= 15 is 0 Å². The van der Waals surface area contributed by atoms with Crippen molar-refractivity contribution in [1.29, 1.82) is 0 Å². The van der Waals surface area contributed by atoms with Crippen LogP contribution in [0.5, 0.6) is 0 Å². The predicted molar refractivity (Wildman–Crippen MR) is 161 cm³/mol. The smallest absolute Gasteiger partial charge is 0.120 e. The molecule has 5 heteroatoms. The van der Waals surface area contributed by atoms with Crippen LogP contribution in [0, 0.1) is 32.9 Å². The minimum atomic E-state index is -1.53. The Hall–Kier alpha value is -3.37. The number of pyridine rings is 2. The second kappa shape index (κ2) is 11.8. The Morgan fingerprint density at radius 1 is 0.795 bits per heavy atom. The quantitative estimate of drug-likeness (QED) is 0.137. The van der Waals surface area contributed by atoms with Crippen LogP contribution < -0.4 is 5.19 Å². The van der Waals surface area contributed by atoms with Crippen LogP contribution in [0.3, 0.4) is 0 Å². The van der Waals surface area contributed by atoms with Gasteiger partial charge in [0.25, 0.3) is 0 Å². The van der Waals surface area contributed by atoms with E-state index < -0.39 is 8.07 Å². The van der Waals surface area contributed by atoms with Crippen molar-refractivity contribution in [1.82, 2.24) is 9.97 Å². The molecule has 3 aromatic carbocycles. The van der Waals surface area contributed by atoms with Crippen LogP contribution in [0.15, 0.2) is 89.6 Å². The van der Waals surface area contributed by atoms with Gasteiger partial charge in [0.15, 0.2) is 0 Å². The van der Waals surface area contributed by atoms with E-state index in [0.29, 0.717) is 0 Å². The number of fused-ring (bicyclic) bond motifs is 3. The fourth-order valence-corrected chi connectivity index (χ4v) is 6.05. The first-order valence-corrected chi connectivity index (χ1v) is 16.4. The van der Waals surface area contributed by atoms with E-state index in [4.69, 9.17) is 4.42 Å². The number of furan rings is 1. The minimum Gasteiger partial charge on any atom is -0.501 e. The number of nitrogens with zero attached hydrogens (tertiary/aromatic N) is 2. The number of benzene rings is 3. The van der Waals surface area contributed by atoms with Crippen LogP contribution in [0.1, 0.15) is 16.7 Å². The largest absolute Gasteiger partial charge is 0.501 e. The average Bonchev–Trinajstić information content (AvgIpc) is 3.30. The number of rotatable bonds is 3. The van der Waals surface area contributed by atoms with Crippen LogP contribution in [0.2, 0.25) is 19.6 Å². The fourth-order valence-electron chi connectivity index (χ4n) is 4.55. The summed E-state index contributed by atoms with van der Waals surface area (Å²) in [6.07, 6.45) is 3.75. The molecule has 3 heterocycles. The second-order valence-corrected chi connectivity index (χ2v) is 15.8. The monoisotopic (exact) mass is 705 g/mol. The first-order chi connectivity index (χ1) is 18.2. The van der Waals surface area contributed by atoms with Gasteiger partial charge >= 0.3 is 0 Å². The Labute approximate surface area is 245 Å². The molecule has 199 valence electrons. The molecule has 0 aliphatic carbocycles. The summed E-state index contributed by atoms with van der Waals surface area (Å²) in [7, 11) is -1.53. The maximum atomic E-state index is 6.29. The topological polar surface area (TPSA) is 38.9 Å². The molecule has 0 aliphatic heterocycles. The molecular weight excluding hydrogens is 673 g/mol. The third-order valence-corrected chi connectivity index (χ3v) is 8.80. The molecule has 1 radical (unpaired) electrons. The summed E-state index contributed by atoms with van der Waals surface area (Å²) in [6, 6.07) is 31.2. The van der Waals surface area contributed by atoms with Gasteiger partial charge in [-0.15, -0.1) is 53.2 Å². The van der Waals surface area contributed by atoms with E-state index in [1.54, 1.807) is 0 Å². The third-order valence-electron chi connectivity index (χ3n) is 6.79. The molecule has 0 spiro atoms. The van der Waals surface area contributed by atoms with E-state index in [1.165, 1.54) is 32.6 Å². The van der Waals surface area contributed by atoms with Gasteiger partial charge in [0.2, 0.25) is 0 Å². The zero-order chi connectivity index (χ0) is 26.9. The van der Waals surface area contributed by atoms with Crippen molar-refractivity contribution in [3.8, 4) is 22.5 Å².